The van der Waals surface area contributed by atoms with Crippen molar-refractivity contribution in [3.05, 3.63) is 23.2 Å². The van der Waals surface area contributed by atoms with Crippen molar-refractivity contribution in [2.75, 3.05) is 27.3 Å². The molecule has 1 aromatic heterocycles. The fourth-order valence-corrected chi connectivity index (χ4v) is 3.04. The molecule has 0 atom stereocenters. The topological polar surface area (TPSA) is 58.8 Å². The monoisotopic (exact) mass is 307 g/mol. The van der Waals surface area contributed by atoms with E-state index in [1.54, 1.807) is 7.11 Å². The highest BCUT2D eigenvalue weighted by Gasteiger charge is 2.36. The Morgan fingerprint density at radius 3 is 2.64 bits per heavy atom. The van der Waals surface area contributed by atoms with Gasteiger partial charge in [0.1, 0.15) is 11.5 Å². The summed E-state index contributed by atoms with van der Waals surface area (Å²) in [5, 5.41) is 6.83. The average Bonchev–Trinajstić information content (AvgIpc) is 2.78. The molecule has 0 aromatic carbocycles. The first kappa shape index (κ1) is 16.9. The van der Waals surface area contributed by atoms with Crippen LogP contribution in [-0.4, -0.2) is 33.3 Å². The predicted octanol–water partition coefficient (Wildman–Crippen LogP) is 2.77. The minimum absolute atomic E-state index is 0.385. The van der Waals surface area contributed by atoms with Gasteiger partial charge in [0.2, 0.25) is 0 Å². The SMILES string of the molecule is CN=C(NCc1cc(C)oc1C)NCC1(CCOC)CCC1. The van der Waals surface area contributed by atoms with Crippen LogP contribution in [0.2, 0.25) is 0 Å². The van der Waals surface area contributed by atoms with Gasteiger partial charge in [-0.3, -0.25) is 4.99 Å². The molecule has 2 N–H and O–H groups in total. The first-order valence-corrected chi connectivity index (χ1v) is 8.08. The molecule has 0 aliphatic heterocycles. The standard InChI is InChI=1S/C17H29N3O2/c1-13-10-15(14(2)22-13)11-19-16(18-3)20-12-17(6-5-7-17)8-9-21-4/h10H,5-9,11-12H2,1-4H3,(H2,18,19,20). The molecule has 1 heterocycles. The summed E-state index contributed by atoms with van der Waals surface area (Å²) in [5.41, 5.74) is 1.56. The van der Waals surface area contributed by atoms with Gasteiger partial charge in [-0.25, -0.2) is 0 Å². The van der Waals surface area contributed by atoms with Crippen molar-refractivity contribution in [1.82, 2.24) is 10.6 Å². The van der Waals surface area contributed by atoms with Crippen molar-refractivity contribution in [2.45, 2.75) is 46.1 Å². The Morgan fingerprint density at radius 1 is 1.36 bits per heavy atom. The summed E-state index contributed by atoms with van der Waals surface area (Å²) in [5.74, 6) is 2.77. The van der Waals surface area contributed by atoms with Crippen LogP contribution in [0.5, 0.6) is 0 Å². The van der Waals surface area contributed by atoms with E-state index >= 15 is 0 Å². The van der Waals surface area contributed by atoms with Gasteiger partial charge in [0, 0.05) is 39.4 Å². The van der Waals surface area contributed by atoms with Gasteiger partial charge in [0.05, 0.1) is 0 Å². The highest BCUT2D eigenvalue weighted by molar-refractivity contribution is 5.79. The summed E-state index contributed by atoms with van der Waals surface area (Å²) >= 11 is 0. The van der Waals surface area contributed by atoms with Crippen LogP contribution in [-0.2, 0) is 11.3 Å². The molecule has 2 rings (SSSR count). The van der Waals surface area contributed by atoms with Gasteiger partial charge in [0.15, 0.2) is 5.96 Å². The van der Waals surface area contributed by atoms with E-state index in [0.29, 0.717) is 5.41 Å². The van der Waals surface area contributed by atoms with Crippen LogP contribution in [0.3, 0.4) is 0 Å². The van der Waals surface area contributed by atoms with Crippen molar-refractivity contribution in [2.24, 2.45) is 10.4 Å². The van der Waals surface area contributed by atoms with E-state index in [1.807, 2.05) is 20.9 Å². The van der Waals surface area contributed by atoms with Gasteiger partial charge in [-0.15, -0.1) is 0 Å². The molecular formula is C17H29N3O2. The zero-order valence-electron chi connectivity index (χ0n) is 14.3. The average molecular weight is 307 g/mol. The number of nitrogens with zero attached hydrogens (tertiary/aromatic N) is 1. The number of aryl methyl sites for hydroxylation is 2. The number of hydrogen-bond acceptors (Lipinski definition) is 3. The highest BCUT2D eigenvalue weighted by Crippen LogP contribution is 2.43. The fraction of sp³-hybridized carbons (Fsp3) is 0.706. The second kappa shape index (κ2) is 7.68. The van der Waals surface area contributed by atoms with Crippen LogP contribution in [0.25, 0.3) is 0 Å². The molecule has 0 bridgehead atoms. The molecule has 5 nitrogen and oxygen atoms in total. The van der Waals surface area contributed by atoms with E-state index < -0.39 is 0 Å². The van der Waals surface area contributed by atoms with Crippen LogP contribution in [0, 0.1) is 19.3 Å². The molecule has 0 amide bonds. The Balaban J connectivity index is 1.81. The smallest absolute Gasteiger partial charge is 0.191 e. The molecule has 1 saturated carbocycles. The Hall–Kier alpha value is -1.49. The first-order valence-electron chi connectivity index (χ1n) is 8.08. The largest absolute Gasteiger partial charge is 0.466 e. The summed E-state index contributed by atoms with van der Waals surface area (Å²) in [7, 11) is 3.58. The molecule has 1 aliphatic rings. The maximum atomic E-state index is 5.55. The molecule has 124 valence electrons. The van der Waals surface area contributed by atoms with E-state index in [9.17, 15) is 0 Å². The zero-order valence-corrected chi connectivity index (χ0v) is 14.3. The van der Waals surface area contributed by atoms with E-state index in [0.717, 1.165) is 43.6 Å². The maximum absolute atomic E-state index is 5.55. The van der Waals surface area contributed by atoms with Crippen molar-refractivity contribution in [3.8, 4) is 0 Å². The van der Waals surface area contributed by atoms with Crippen LogP contribution >= 0.6 is 0 Å². The molecular weight excluding hydrogens is 278 g/mol. The van der Waals surface area contributed by atoms with Gasteiger partial charge in [-0.2, -0.15) is 0 Å². The van der Waals surface area contributed by atoms with Gasteiger partial charge in [-0.05, 0) is 44.6 Å². The van der Waals surface area contributed by atoms with Crippen LogP contribution in [0.15, 0.2) is 15.5 Å². The summed E-state index contributed by atoms with van der Waals surface area (Å²) in [6.07, 6.45) is 5.00. The molecule has 0 saturated heterocycles. The molecule has 1 aliphatic carbocycles. The number of methoxy groups -OCH3 is 1. The number of ether oxygens (including phenoxy) is 1. The Labute approximate surface area is 133 Å². The molecule has 1 fully saturated rings. The van der Waals surface area contributed by atoms with Crippen LogP contribution in [0.1, 0.15) is 42.8 Å². The number of aliphatic imine (C=N–C) groups is 1. The third-order valence-corrected chi connectivity index (χ3v) is 4.70. The van der Waals surface area contributed by atoms with Crippen molar-refractivity contribution < 1.29 is 9.15 Å². The lowest BCUT2D eigenvalue weighted by molar-refractivity contribution is 0.0732. The first-order chi connectivity index (χ1) is 10.6. The van der Waals surface area contributed by atoms with Gasteiger partial charge in [-0.1, -0.05) is 6.42 Å². The summed E-state index contributed by atoms with van der Waals surface area (Å²) in [6.45, 7) is 6.49. The van der Waals surface area contributed by atoms with Crippen LogP contribution < -0.4 is 10.6 Å². The van der Waals surface area contributed by atoms with Gasteiger partial charge >= 0.3 is 0 Å². The number of guanidine groups is 1. The Kier molecular flexibility index (Phi) is 5.89. The molecule has 0 spiro atoms. The second-order valence-electron chi connectivity index (χ2n) is 6.31. The number of furan rings is 1. The lowest BCUT2D eigenvalue weighted by Crippen LogP contribution is -2.46. The predicted molar refractivity (Wildman–Crippen MR) is 89.2 cm³/mol. The number of hydrogen-bond donors (Lipinski definition) is 2. The Morgan fingerprint density at radius 2 is 2.14 bits per heavy atom. The van der Waals surface area contributed by atoms with E-state index in [2.05, 4.69) is 21.7 Å². The summed E-state index contributed by atoms with van der Waals surface area (Å²) in [4.78, 5) is 4.31. The van der Waals surface area contributed by atoms with E-state index in [4.69, 9.17) is 9.15 Å². The lowest BCUT2D eigenvalue weighted by Gasteiger charge is -2.42. The molecule has 0 unspecified atom stereocenters. The number of nitrogens with one attached hydrogen (secondary N) is 2. The van der Waals surface area contributed by atoms with Gasteiger partial charge in [0.25, 0.3) is 0 Å². The molecule has 1 aromatic rings. The minimum Gasteiger partial charge on any atom is -0.466 e. The van der Waals surface area contributed by atoms with Crippen molar-refractivity contribution >= 4 is 5.96 Å². The summed E-state index contributed by atoms with van der Waals surface area (Å²) in [6, 6.07) is 2.07. The molecule has 0 radical (unpaired) electrons. The van der Waals surface area contributed by atoms with E-state index in [1.165, 1.54) is 24.8 Å². The lowest BCUT2D eigenvalue weighted by atomic mass is 9.67. The van der Waals surface area contributed by atoms with Gasteiger partial charge < -0.3 is 19.8 Å². The second-order valence-corrected chi connectivity index (χ2v) is 6.31. The fourth-order valence-electron chi connectivity index (χ4n) is 3.04. The Bertz CT molecular complexity index is 504. The van der Waals surface area contributed by atoms with E-state index in [-0.39, 0.29) is 0 Å². The zero-order chi connectivity index (χ0) is 16.0. The highest BCUT2D eigenvalue weighted by atomic mass is 16.5. The van der Waals surface area contributed by atoms with Crippen molar-refractivity contribution in [1.29, 1.82) is 0 Å². The number of rotatable bonds is 7. The van der Waals surface area contributed by atoms with Crippen molar-refractivity contribution in [3.63, 3.8) is 0 Å². The normalized spacial score (nSPS) is 17.2. The van der Waals surface area contributed by atoms with Crippen LogP contribution in [0.4, 0.5) is 0 Å². The molecule has 5 heteroatoms. The third-order valence-electron chi connectivity index (χ3n) is 4.70. The summed E-state index contributed by atoms with van der Waals surface area (Å²) < 4.78 is 10.8. The molecule has 22 heavy (non-hydrogen) atoms. The quantitative estimate of drug-likeness (QED) is 0.601. The minimum atomic E-state index is 0.385. The third kappa shape index (κ3) is 4.26. The maximum Gasteiger partial charge on any atom is 0.191 e.